The molecule has 0 saturated heterocycles. The summed E-state index contributed by atoms with van der Waals surface area (Å²) in [5, 5.41) is 2.88. The molecule has 128 valence electrons. The number of anilines is 1. The van der Waals surface area contributed by atoms with Gasteiger partial charge in [0.1, 0.15) is 4.32 Å². The molecule has 0 radical (unpaired) electrons. The second-order valence-electron chi connectivity index (χ2n) is 5.88. The van der Waals surface area contributed by atoms with Crippen molar-refractivity contribution in [3.8, 4) is 0 Å². The molecule has 1 aromatic carbocycles. The van der Waals surface area contributed by atoms with Gasteiger partial charge in [-0.05, 0) is 44.7 Å². The molecule has 0 fully saturated rings. The molecule has 0 bridgehead atoms. The van der Waals surface area contributed by atoms with E-state index < -0.39 is 0 Å². The minimum absolute atomic E-state index is 0.000654. The average Bonchev–Trinajstić information content (AvgIpc) is 2.49. The van der Waals surface area contributed by atoms with Gasteiger partial charge in [0, 0.05) is 18.8 Å². The van der Waals surface area contributed by atoms with Gasteiger partial charge in [-0.3, -0.25) is 4.79 Å². The van der Waals surface area contributed by atoms with Gasteiger partial charge in [0.2, 0.25) is 5.91 Å². The molecule has 1 aromatic rings. The Morgan fingerprint density at radius 2 is 1.87 bits per heavy atom. The van der Waals surface area contributed by atoms with E-state index in [2.05, 4.69) is 44.0 Å². The fourth-order valence-electron chi connectivity index (χ4n) is 2.33. The molecule has 1 rings (SSSR count). The highest BCUT2D eigenvalue weighted by molar-refractivity contribution is 8.23. The quantitative estimate of drug-likeness (QED) is 0.745. The van der Waals surface area contributed by atoms with Crippen molar-refractivity contribution in [1.82, 2.24) is 4.90 Å². The van der Waals surface area contributed by atoms with E-state index in [9.17, 15) is 4.79 Å². The Morgan fingerprint density at radius 3 is 2.39 bits per heavy atom. The van der Waals surface area contributed by atoms with Crippen LogP contribution in [0.2, 0.25) is 0 Å². The summed E-state index contributed by atoms with van der Waals surface area (Å²) < 4.78 is 0.784. The first-order chi connectivity index (χ1) is 10.8. The summed E-state index contributed by atoms with van der Waals surface area (Å²) in [6.07, 6.45) is 0. The van der Waals surface area contributed by atoms with Crippen molar-refractivity contribution in [2.24, 2.45) is 0 Å². The minimum Gasteiger partial charge on any atom is -0.358 e. The summed E-state index contributed by atoms with van der Waals surface area (Å²) in [7, 11) is 0. The number of benzene rings is 1. The smallest absolute Gasteiger partial charge is 0.237 e. The summed E-state index contributed by atoms with van der Waals surface area (Å²) in [6, 6.07) is 6.14. The van der Waals surface area contributed by atoms with Crippen molar-refractivity contribution in [3.05, 3.63) is 29.3 Å². The van der Waals surface area contributed by atoms with Crippen molar-refractivity contribution < 1.29 is 4.79 Å². The number of thiocarbonyl (C=S) groups is 1. The van der Waals surface area contributed by atoms with E-state index in [1.54, 1.807) is 0 Å². The minimum atomic E-state index is -0.220. The highest BCUT2D eigenvalue weighted by Crippen LogP contribution is 2.28. The number of thioether (sulfide) groups is 1. The number of aryl methyl sites for hydroxylation is 1. The summed E-state index contributed by atoms with van der Waals surface area (Å²) in [4.78, 5) is 14.7. The second-order valence-corrected chi connectivity index (χ2v) is 7.86. The Kier molecular flexibility index (Phi) is 8.06. The van der Waals surface area contributed by atoms with Crippen molar-refractivity contribution in [2.75, 3.05) is 18.4 Å². The normalized spacial score (nSPS) is 12.1. The Balaban J connectivity index is 2.82. The summed E-state index contributed by atoms with van der Waals surface area (Å²) >= 11 is 6.89. The number of carbonyl (C=O) groups excluding carboxylic acids is 1. The van der Waals surface area contributed by atoms with Crippen LogP contribution < -0.4 is 5.32 Å². The molecule has 1 atom stereocenters. The molecule has 5 heteroatoms. The lowest BCUT2D eigenvalue weighted by Gasteiger charge is -2.23. The first kappa shape index (κ1) is 20.0. The molecule has 0 aliphatic rings. The van der Waals surface area contributed by atoms with Crippen molar-refractivity contribution in [2.45, 2.75) is 52.7 Å². The molecule has 0 saturated carbocycles. The third-order valence-corrected chi connectivity index (χ3v) is 5.42. The zero-order valence-corrected chi connectivity index (χ0v) is 16.6. The largest absolute Gasteiger partial charge is 0.358 e. The van der Waals surface area contributed by atoms with Crippen LogP contribution in [0.25, 0.3) is 0 Å². The number of nitrogens with one attached hydrogen (secondary N) is 1. The van der Waals surface area contributed by atoms with E-state index in [4.69, 9.17) is 12.2 Å². The van der Waals surface area contributed by atoms with Crippen molar-refractivity contribution in [3.63, 3.8) is 0 Å². The summed E-state index contributed by atoms with van der Waals surface area (Å²) in [5.74, 6) is 0.366. The molecule has 0 unspecified atom stereocenters. The lowest BCUT2D eigenvalue weighted by molar-refractivity contribution is -0.115. The topological polar surface area (TPSA) is 32.3 Å². The zero-order valence-electron chi connectivity index (χ0n) is 15.0. The lowest BCUT2D eigenvalue weighted by Crippen LogP contribution is -2.31. The molecule has 0 aliphatic heterocycles. The van der Waals surface area contributed by atoms with Gasteiger partial charge in [-0.2, -0.15) is 0 Å². The predicted molar refractivity (Wildman–Crippen MR) is 106 cm³/mol. The predicted octanol–water partition coefficient (Wildman–Crippen LogP) is 4.81. The van der Waals surface area contributed by atoms with Gasteiger partial charge in [0.05, 0.1) is 5.25 Å². The molecule has 1 N–H and O–H groups in total. The van der Waals surface area contributed by atoms with Crippen LogP contribution in [0.15, 0.2) is 18.2 Å². The number of para-hydroxylation sites is 1. The van der Waals surface area contributed by atoms with E-state index in [0.29, 0.717) is 5.92 Å². The van der Waals surface area contributed by atoms with Gasteiger partial charge in [0.15, 0.2) is 0 Å². The summed E-state index contributed by atoms with van der Waals surface area (Å²) in [6.45, 7) is 14.1. The van der Waals surface area contributed by atoms with E-state index in [0.717, 1.165) is 28.7 Å². The van der Waals surface area contributed by atoms with E-state index in [-0.39, 0.29) is 11.2 Å². The number of hydrogen-bond acceptors (Lipinski definition) is 3. The highest BCUT2D eigenvalue weighted by Gasteiger charge is 2.20. The molecular weight excluding hydrogens is 324 g/mol. The molecular formula is C18H28N2OS2. The maximum Gasteiger partial charge on any atom is 0.237 e. The fraction of sp³-hybridized carbons (Fsp3) is 0.556. The number of carbonyl (C=O) groups is 1. The van der Waals surface area contributed by atoms with Crippen LogP contribution in [-0.4, -0.2) is 33.5 Å². The van der Waals surface area contributed by atoms with Gasteiger partial charge in [0.25, 0.3) is 0 Å². The molecule has 0 aliphatic carbocycles. The van der Waals surface area contributed by atoms with E-state index in [1.807, 2.05) is 26.0 Å². The number of amides is 1. The lowest BCUT2D eigenvalue weighted by atomic mass is 9.98. The molecule has 0 heterocycles. The van der Waals surface area contributed by atoms with Crippen LogP contribution in [0.5, 0.6) is 0 Å². The second kappa shape index (κ2) is 9.28. The van der Waals surface area contributed by atoms with Gasteiger partial charge >= 0.3 is 0 Å². The third kappa shape index (κ3) is 5.50. The third-order valence-electron chi connectivity index (χ3n) is 3.84. The number of rotatable bonds is 6. The van der Waals surface area contributed by atoms with Gasteiger partial charge in [-0.25, -0.2) is 0 Å². The maximum atomic E-state index is 12.6. The van der Waals surface area contributed by atoms with Crippen LogP contribution in [0.4, 0.5) is 5.69 Å². The van der Waals surface area contributed by atoms with E-state index in [1.165, 1.54) is 17.3 Å². The van der Waals surface area contributed by atoms with Crippen LogP contribution in [0.1, 0.15) is 51.7 Å². The van der Waals surface area contributed by atoms with Crippen LogP contribution in [0.3, 0.4) is 0 Å². The summed E-state index contributed by atoms with van der Waals surface area (Å²) in [5.41, 5.74) is 3.20. The first-order valence-corrected chi connectivity index (χ1v) is 9.46. The standard InChI is InChI=1S/C18H28N2OS2/c1-7-20(8-2)18(22)23-14(6)17(21)19-16-13(5)10-9-11-15(16)12(3)4/h9-12,14H,7-8H2,1-6H3,(H,19,21)/t14-/m0/s1. The molecule has 23 heavy (non-hydrogen) atoms. The Hall–Kier alpha value is -1.07. The fourth-order valence-corrected chi connectivity index (χ4v) is 3.90. The highest BCUT2D eigenvalue weighted by atomic mass is 32.2. The molecule has 0 spiro atoms. The SMILES string of the molecule is CCN(CC)C(=S)S[C@@H](C)C(=O)Nc1c(C)cccc1C(C)C. The van der Waals surface area contributed by atoms with Gasteiger partial charge in [-0.15, -0.1) is 0 Å². The maximum absolute atomic E-state index is 12.6. The first-order valence-electron chi connectivity index (χ1n) is 8.17. The average molecular weight is 353 g/mol. The zero-order chi connectivity index (χ0) is 17.6. The van der Waals surface area contributed by atoms with Crippen LogP contribution in [0, 0.1) is 6.92 Å². The molecule has 3 nitrogen and oxygen atoms in total. The van der Waals surface area contributed by atoms with Crippen LogP contribution >= 0.6 is 24.0 Å². The Morgan fingerprint density at radius 1 is 1.26 bits per heavy atom. The van der Waals surface area contributed by atoms with Crippen molar-refractivity contribution >= 4 is 39.9 Å². The molecule has 0 aromatic heterocycles. The molecule has 1 amide bonds. The van der Waals surface area contributed by atoms with Crippen LogP contribution in [-0.2, 0) is 4.79 Å². The Bertz CT molecular complexity index is 554. The Labute approximate surface area is 150 Å². The van der Waals surface area contributed by atoms with Gasteiger partial charge < -0.3 is 10.2 Å². The van der Waals surface area contributed by atoms with Crippen molar-refractivity contribution in [1.29, 1.82) is 0 Å². The number of hydrogen-bond donors (Lipinski definition) is 1. The van der Waals surface area contributed by atoms with E-state index >= 15 is 0 Å². The van der Waals surface area contributed by atoms with Gasteiger partial charge in [-0.1, -0.05) is 56.0 Å². The monoisotopic (exact) mass is 352 g/mol. The number of nitrogens with zero attached hydrogens (tertiary/aromatic N) is 1.